The Kier molecular flexibility index (Phi) is 9.92. The summed E-state index contributed by atoms with van der Waals surface area (Å²) in [5.41, 5.74) is 9.85. The van der Waals surface area contributed by atoms with E-state index in [2.05, 4.69) is 118 Å². The Morgan fingerprint density at radius 3 is 1.64 bits per heavy atom. The summed E-state index contributed by atoms with van der Waals surface area (Å²) in [6, 6.07) is 19.6. The number of rotatable bonds is 8. The van der Waals surface area contributed by atoms with Crippen LogP contribution in [0.15, 0.2) is 54.6 Å². The molecule has 44 heavy (non-hydrogen) atoms. The molecule has 5 nitrogen and oxygen atoms in total. The van der Waals surface area contributed by atoms with Crippen molar-refractivity contribution in [2.24, 2.45) is 0 Å². The van der Waals surface area contributed by atoms with Gasteiger partial charge < -0.3 is 0 Å². The van der Waals surface area contributed by atoms with Crippen molar-refractivity contribution in [3.8, 4) is 5.75 Å². The molecule has 0 radical (unpaired) electrons. The number of hydrogen-bond acceptors (Lipinski definition) is 4. The fraction of sp³-hybridized carbons (Fsp3) is 0.459. The third kappa shape index (κ3) is 6.22. The minimum atomic E-state index is -2.28. The number of amides is 1. The molecule has 2 aliphatic heterocycles. The van der Waals surface area contributed by atoms with Crippen LogP contribution in [0.2, 0.25) is 0 Å². The first-order chi connectivity index (χ1) is 20.9. The number of carbonyl (C=O) groups is 1. The van der Waals surface area contributed by atoms with E-state index in [1.54, 1.807) is 6.92 Å². The van der Waals surface area contributed by atoms with Gasteiger partial charge in [-0.25, -0.2) is 0 Å². The first-order valence-corrected chi connectivity index (χ1v) is 20.2. The Labute approximate surface area is 273 Å². The van der Waals surface area contributed by atoms with Gasteiger partial charge in [-0.3, -0.25) is 0 Å². The molecule has 0 aliphatic carbocycles. The predicted octanol–water partition coefficient (Wildman–Crippen LogP) is 9.13. The molecular weight excluding hydrogens is 655 g/mol. The quantitative estimate of drug-likeness (QED) is 0.238. The normalized spacial score (nSPS) is 18.5. The number of carbonyl (C=O) groups excluding carboxylic acids is 1. The SMILES string of the molecule is CC1Oc2c([CH]=[Ru]([Cl])[CH]3N(c4c(C(C)C)cccc4C(C)C)CCN3c3c(C(C)C)cccc3C(C)C)cccc2NC1=O. The standard InChI is InChI=1S/C27H39N2.C10H9NO2.ClH.Ru/c1-18(2)22-11-9-12-23(19(3)4)26(22)28-15-16-29(17-28)27-24(20(5)6)13-10-14-25(27)21(7)8;1-6-4-3-5-8-9(6)13-7(2)10(12)11-8;;/h9-14,17-21H,15-16H2,1-8H3;1,3-5,7H,2H3,(H,11,12);1H;/q;;;+1/p-1. The number of anilines is 3. The molecule has 238 valence electrons. The summed E-state index contributed by atoms with van der Waals surface area (Å²) < 4.78 is 8.43. The van der Waals surface area contributed by atoms with E-state index in [0.29, 0.717) is 35.1 Å². The maximum absolute atomic E-state index is 12.4. The molecular formula is C37H48ClN3O2Ru. The molecule has 2 heterocycles. The van der Waals surface area contributed by atoms with Gasteiger partial charge in [0, 0.05) is 0 Å². The van der Waals surface area contributed by atoms with Crippen LogP contribution in [0.1, 0.15) is 114 Å². The Morgan fingerprint density at radius 1 is 0.773 bits per heavy atom. The van der Waals surface area contributed by atoms with Crippen molar-refractivity contribution >= 4 is 37.3 Å². The van der Waals surface area contributed by atoms with Crippen molar-refractivity contribution in [1.82, 2.24) is 0 Å². The molecule has 5 rings (SSSR count). The van der Waals surface area contributed by atoms with Crippen LogP contribution in [-0.4, -0.2) is 34.5 Å². The molecule has 0 spiro atoms. The number of halogens is 1. The van der Waals surface area contributed by atoms with Crippen molar-refractivity contribution < 1.29 is 24.0 Å². The first-order valence-electron chi connectivity index (χ1n) is 15.9. The molecule has 3 aromatic carbocycles. The van der Waals surface area contributed by atoms with Gasteiger partial charge in [-0.15, -0.1) is 0 Å². The van der Waals surface area contributed by atoms with Crippen molar-refractivity contribution in [2.75, 3.05) is 28.2 Å². The molecule has 1 amide bonds. The molecule has 2 aliphatic rings. The summed E-state index contributed by atoms with van der Waals surface area (Å²) in [7, 11) is 7.81. The molecule has 1 N–H and O–H groups in total. The van der Waals surface area contributed by atoms with Crippen molar-refractivity contribution in [2.45, 2.75) is 96.8 Å². The van der Waals surface area contributed by atoms with E-state index in [4.69, 9.17) is 14.4 Å². The van der Waals surface area contributed by atoms with Crippen molar-refractivity contribution in [1.29, 1.82) is 0 Å². The summed E-state index contributed by atoms with van der Waals surface area (Å²) in [6.45, 7) is 21.9. The first kappa shape index (κ1) is 32.7. The second-order valence-electron chi connectivity index (χ2n) is 13.2. The molecule has 1 unspecified atom stereocenters. The van der Waals surface area contributed by atoms with Crippen LogP contribution >= 0.6 is 9.69 Å². The molecule has 1 fully saturated rings. The topological polar surface area (TPSA) is 44.8 Å². The fourth-order valence-electron chi connectivity index (χ4n) is 6.41. The van der Waals surface area contributed by atoms with E-state index in [-0.39, 0.29) is 10.7 Å². The number of ether oxygens (including phenoxy) is 1. The van der Waals surface area contributed by atoms with Gasteiger partial charge >= 0.3 is 275 Å². The molecule has 1 saturated heterocycles. The van der Waals surface area contributed by atoms with Gasteiger partial charge in [-0.05, 0) is 0 Å². The van der Waals surface area contributed by atoms with Crippen LogP contribution in [0.4, 0.5) is 17.1 Å². The second-order valence-corrected chi connectivity index (χ2v) is 17.8. The number of benzene rings is 3. The van der Waals surface area contributed by atoms with Crippen LogP contribution in [0.3, 0.4) is 0 Å². The van der Waals surface area contributed by atoms with Crippen molar-refractivity contribution in [3.05, 3.63) is 82.4 Å². The summed E-state index contributed by atoms with van der Waals surface area (Å²) in [5.74, 6) is 2.12. The van der Waals surface area contributed by atoms with Gasteiger partial charge in [0.25, 0.3) is 0 Å². The molecule has 0 saturated carbocycles. The number of hydrogen-bond donors (Lipinski definition) is 1. The van der Waals surface area contributed by atoms with E-state index >= 15 is 0 Å². The summed E-state index contributed by atoms with van der Waals surface area (Å²) in [6.07, 6.45) is -0.550. The zero-order valence-electron chi connectivity index (χ0n) is 27.6. The predicted molar refractivity (Wildman–Crippen MR) is 184 cm³/mol. The van der Waals surface area contributed by atoms with Gasteiger partial charge in [0.2, 0.25) is 0 Å². The third-order valence-corrected chi connectivity index (χ3v) is 12.9. The van der Waals surface area contributed by atoms with Crippen molar-refractivity contribution in [3.63, 3.8) is 0 Å². The minimum absolute atomic E-state index is 0.00253. The van der Waals surface area contributed by atoms with E-state index in [9.17, 15) is 4.79 Å². The van der Waals surface area contributed by atoms with Gasteiger partial charge in [0.1, 0.15) is 0 Å². The summed E-state index contributed by atoms with van der Waals surface area (Å²) >= 11 is -2.28. The zero-order valence-corrected chi connectivity index (χ0v) is 30.1. The number of fused-ring (bicyclic) bond motifs is 1. The zero-order chi connectivity index (χ0) is 31.9. The molecule has 1 atom stereocenters. The van der Waals surface area contributed by atoms with Crippen LogP contribution in [0.5, 0.6) is 5.75 Å². The van der Waals surface area contributed by atoms with Gasteiger partial charge in [-0.2, -0.15) is 0 Å². The monoisotopic (exact) mass is 703 g/mol. The molecule has 7 heteroatoms. The van der Waals surface area contributed by atoms with E-state index in [1.165, 1.54) is 33.6 Å². The van der Waals surface area contributed by atoms with E-state index < -0.39 is 20.6 Å². The third-order valence-electron chi connectivity index (χ3n) is 8.69. The van der Waals surface area contributed by atoms with E-state index in [1.807, 2.05) is 12.1 Å². The van der Waals surface area contributed by atoms with Crippen LogP contribution < -0.4 is 19.9 Å². The average Bonchev–Trinajstić information content (AvgIpc) is 3.41. The average molecular weight is 703 g/mol. The summed E-state index contributed by atoms with van der Waals surface area (Å²) in [4.78, 5) is 17.6. The fourth-order valence-corrected chi connectivity index (χ4v) is 11.0. The Bertz CT molecular complexity index is 1440. The van der Waals surface area contributed by atoms with Gasteiger partial charge in [0.05, 0.1) is 0 Å². The molecule has 0 bridgehead atoms. The molecule has 0 aromatic heterocycles. The number of para-hydroxylation sites is 3. The van der Waals surface area contributed by atoms with Crippen LogP contribution in [0, 0.1) is 0 Å². The van der Waals surface area contributed by atoms with Gasteiger partial charge in [-0.1, -0.05) is 0 Å². The van der Waals surface area contributed by atoms with Crippen LogP contribution in [0.25, 0.3) is 0 Å². The maximum atomic E-state index is 12.4. The van der Waals surface area contributed by atoms with Gasteiger partial charge in [0.15, 0.2) is 0 Å². The number of nitrogens with one attached hydrogen (secondary N) is 1. The Hall–Kier alpha value is -2.69. The number of nitrogens with zero attached hydrogens (tertiary/aromatic N) is 2. The second kappa shape index (κ2) is 13.4. The summed E-state index contributed by atoms with van der Waals surface area (Å²) in [5, 5.41) is 3.01. The Morgan fingerprint density at radius 2 is 1.20 bits per heavy atom. The van der Waals surface area contributed by atoms with Crippen LogP contribution in [-0.2, 0) is 19.3 Å². The Balaban J connectivity index is 1.74. The van der Waals surface area contributed by atoms with E-state index in [0.717, 1.165) is 18.7 Å². The molecule has 3 aromatic rings.